The fourth-order valence-electron chi connectivity index (χ4n) is 3.40. The van der Waals surface area contributed by atoms with E-state index in [0.29, 0.717) is 0 Å². The number of hydrogen-bond donors (Lipinski definition) is 1. The largest absolute Gasteiger partial charge is 0.484 e. The summed E-state index contributed by atoms with van der Waals surface area (Å²) in [5.74, 6) is -0.877. The Bertz CT molecular complexity index is 548. The van der Waals surface area contributed by atoms with Crippen LogP contribution in [0.1, 0.15) is 48.9 Å². The third kappa shape index (κ3) is 2.62. The zero-order chi connectivity index (χ0) is 15.1. The van der Waals surface area contributed by atoms with Gasteiger partial charge < -0.3 is 15.2 Å². The van der Waals surface area contributed by atoms with Crippen LogP contribution in [0.4, 0.5) is 4.39 Å². The second-order valence-corrected chi connectivity index (χ2v) is 6.28. The molecular weight excluding hydrogens is 273 g/mol. The molecule has 4 nitrogen and oxygen atoms in total. The van der Waals surface area contributed by atoms with Gasteiger partial charge in [-0.25, -0.2) is 9.18 Å². The molecule has 114 valence electrons. The van der Waals surface area contributed by atoms with Crippen molar-refractivity contribution in [2.75, 3.05) is 7.11 Å². The molecule has 4 rings (SSSR count). The fourth-order valence-corrected chi connectivity index (χ4v) is 3.40. The van der Waals surface area contributed by atoms with E-state index in [1.54, 1.807) is 0 Å². The summed E-state index contributed by atoms with van der Waals surface area (Å²) in [5, 5.41) is 0. The van der Waals surface area contributed by atoms with Gasteiger partial charge in [0.05, 0.1) is 12.7 Å². The molecule has 0 aromatic heterocycles. The van der Waals surface area contributed by atoms with Crippen molar-refractivity contribution in [3.05, 3.63) is 29.6 Å². The number of benzene rings is 1. The fraction of sp³-hybridized carbons (Fsp3) is 0.562. The molecule has 21 heavy (non-hydrogen) atoms. The van der Waals surface area contributed by atoms with Gasteiger partial charge >= 0.3 is 5.97 Å². The molecule has 0 unspecified atom stereocenters. The normalized spacial score (nSPS) is 31.0. The minimum atomic E-state index is -0.554. The summed E-state index contributed by atoms with van der Waals surface area (Å²) >= 11 is 0. The first-order chi connectivity index (χ1) is 9.95. The van der Waals surface area contributed by atoms with Gasteiger partial charge in [0.2, 0.25) is 0 Å². The maximum atomic E-state index is 14.1. The standard InChI is InChI=1S/C16H20FNO3/c1-20-14(19)11-2-3-13(12(17)10-11)21-16-7-4-15(18,5-8-16)6-9-16/h2-3,10H,4-9,18H2,1H3. The molecule has 0 spiro atoms. The minimum Gasteiger partial charge on any atom is -0.484 e. The number of carbonyl (C=O) groups excluding carboxylic acids is 1. The van der Waals surface area contributed by atoms with Crippen molar-refractivity contribution in [3.63, 3.8) is 0 Å². The van der Waals surface area contributed by atoms with Gasteiger partial charge in [0.15, 0.2) is 11.6 Å². The van der Waals surface area contributed by atoms with Crippen LogP contribution in [0.3, 0.4) is 0 Å². The summed E-state index contributed by atoms with van der Waals surface area (Å²) in [4.78, 5) is 11.4. The van der Waals surface area contributed by atoms with E-state index in [1.807, 2.05) is 0 Å². The molecule has 1 aromatic carbocycles. The molecule has 3 aliphatic carbocycles. The molecule has 3 fully saturated rings. The van der Waals surface area contributed by atoms with Gasteiger partial charge in [0, 0.05) is 5.54 Å². The van der Waals surface area contributed by atoms with Crippen LogP contribution >= 0.6 is 0 Å². The lowest BCUT2D eigenvalue weighted by Crippen LogP contribution is -2.57. The van der Waals surface area contributed by atoms with Gasteiger partial charge in [-0.3, -0.25) is 0 Å². The molecule has 1 aromatic rings. The molecule has 3 aliphatic rings. The number of fused-ring (bicyclic) bond motifs is 3. The smallest absolute Gasteiger partial charge is 0.337 e. The quantitative estimate of drug-likeness (QED) is 0.871. The first kappa shape index (κ1) is 14.3. The Hall–Kier alpha value is -1.62. The summed E-state index contributed by atoms with van der Waals surface area (Å²) in [7, 11) is 1.27. The van der Waals surface area contributed by atoms with Crippen LogP contribution in [0.15, 0.2) is 18.2 Å². The number of rotatable bonds is 3. The summed E-state index contributed by atoms with van der Waals surface area (Å²) in [5.41, 5.74) is 6.11. The van der Waals surface area contributed by atoms with Crippen molar-refractivity contribution in [1.82, 2.24) is 0 Å². The van der Waals surface area contributed by atoms with Crippen molar-refractivity contribution < 1.29 is 18.7 Å². The van der Waals surface area contributed by atoms with Crippen molar-refractivity contribution in [2.45, 2.75) is 49.7 Å². The second kappa shape index (κ2) is 4.98. The van der Waals surface area contributed by atoms with Crippen LogP contribution in [-0.4, -0.2) is 24.2 Å². The maximum Gasteiger partial charge on any atom is 0.337 e. The topological polar surface area (TPSA) is 61.5 Å². The lowest BCUT2D eigenvalue weighted by Gasteiger charge is -2.51. The molecular formula is C16H20FNO3. The number of halogens is 1. The highest BCUT2D eigenvalue weighted by Crippen LogP contribution is 2.47. The zero-order valence-corrected chi connectivity index (χ0v) is 12.2. The van der Waals surface area contributed by atoms with Crippen LogP contribution in [0.25, 0.3) is 0 Å². The van der Waals surface area contributed by atoms with Crippen molar-refractivity contribution in [2.24, 2.45) is 5.73 Å². The van der Waals surface area contributed by atoms with Gasteiger partial charge in [-0.15, -0.1) is 0 Å². The molecule has 2 bridgehead atoms. The SMILES string of the molecule is COC(=O)c1ccc(OC23CCC(N)(CC2)CC3)c(F)c1. The monoisotopic (exact) mass is 293 g/mol. The second-order valence-electron chi connectivity index (χ2n) is 6.28. The maximum absolute atomic E-state index is 14.1. The minimum absolute atomic E-state index is 0.0433. The first-order valence-electron chi connectivity index (χ1n) is 7.31. The van der Waals surface area contributed by atoms with Crippen LogP contribution < -0.4 is 10.5 Å². The van der Waals surface area contributed by atoms with Crippen molar-refractivity contribution >= 4 is 5.97 Å². The Kier molecular flexibility index (Phi) is 3.40. The van der Waals surface area contributed by atoms with Gasteiger partial charge in [0.1, 0.15) is 5.60 Å². The molecule has 0 atom stereocenters. The van der Waals surface area contributed by atoms with E-state index in [4.69, 9.17) is 10.5 Å². The Morgan fingerprint density at radius 3 is 2.33 bits per heavy atom. The van der Waals surface area contributed by atoms with Crippen LogP contribution in [0, 0.1) is 5.82 Å². The lowest BCUT2D eigenvalue weighted by atomic mass is 9.63. The van der Waals surface area contributed by atoms with E-state index in [-0.39, 0.29) is 22.5 Å². The predicted octanol–water partition coefficient (Wildman–Crippen LogP) is 2.80. The number of hydrogen-bond acceptors (Lipinski definition) is 4. The third-order valence-corrected chi connectivity index (χ3v) is 4.91. The summed E-state index contributed by atoms with van der Waals surface area (Å²) < 4.78 is 24.7. The highest BCUT2D eigenvalue weighted by atomic mass is 19.1. The molecule has 0 aliphatic heterocycles. The zero-order valence-electron chi connectivity index (χ0n) is 12.2. The Morgan fingerprint density at radius 2 is 1.81 bits per heavy atom. The van der Waals surface area contributed by atoms with Gasteiger partial charge in [-0.2, -0.15) is 0 Å². The molecule has 2 N–H and O–H groups in total. The molecule has 3 saturated carbocycles. The van der Waals surface area contributed by atoms with Crippen molar-refractivity contribution in [3.8, 4) is 5.75 Å². The average Bonchev–Trinajstić information content (AvgIpc) is 2.50. The van der Waals surface area contributed by atoms with Crippen LogP contribution in [-0.2, 0) is 4.74 Å². The van der Waals surface area contributed by atoms with E-state index in [1.165, 1.54) is 19.2 Å². The van der Waals surface area contributed by atoms with Crippen LogP contribution in [0.5, 0.6) is 5.75 Å². The molecule has 0 amide bonds. The van der Waals surface area contributed by atoms with E-state index < -0.39 is 11.8 Å². The van der Waals surface area contributed by atoms with E-state index in [2.05, 4.69) is 4.74 Å². The third-order valence-electron chi connectivity index (χ3n) is 4.91. The predicted molar refractivity (Wildman–Crippen MR) is 75.7 cm³/mol. The summed E-state index contributed by atoms with van der Waals surface area (Å²) in [6, 6.07) is 4.20. The number of esters is 1. The molecule has 0 radical (unpaired) electrons. The Balaban J connectivity index is 1.78. The Morgan fingerprint density at radius 1 is 1.19 bits per heavy atom. The van der Waals surface area contributed by atoms with E-state index in [9.17, 15) is 9.18 Å². The molecule has 0 saturated heterocycles. The van der Waals surface area contributed by atoms with E-state index >= 15 is 0 Å². The number of methoxy groups -OCH3 is 1. The number of ether oxygens (including phenoxy) is 2. The van der Waals surface area contributed by atoms with Crippen molar-refractivity contribution in [1.29, 1.82) is 0 Å². The highest BCUT2D eigenvalue weighted by Gasteiger charge is 2.48. The van der Waals surface area contributed by atoms with Gasteiger partial charge in [-0.05, 0) is 56.7 Å². The van der Waals surface area contributed by atoms with Crippen LogP contribution in [0.2, 0.25) is 0 Å². The number of carbonyl (C=O) groups is 1. The lowest BCUT2D eigenvalue weighted by molar-refractivity contribution is -0.0443. The highest BCUT2D eigenvalue weighted by molar-refractivity contribution is 5.89. The van der Waals surface area contributed by atoms with Gasteiger partial charge in [0.25, 0.3) is 0 Å². The number of nitrogens with two attached hydrogens (primary N) is 1. The van der Waals surface area contributed by atoms with Gasteiger partial charge in [-0.1, -0.05) is 0 Å². The van der Waals surface area contributed by atoms with E-state index in [0.717, 1.165) is 44.6 Å². The average molecular weight is 293 g/mol. The molecule has 5 heteroatoms. The first-order valence-corrected chi connectivity index (χ1v) is 7.31. The summed E-state index contributed by atoms with van der Waals surface area (Å²) in [6.07, 6.45) is 5.36. The molecule has 0 heterocycles. The summed E-state index contributed by atoms with van der Waals surface area (Å²) in [6.45, 7) is 0. The Labute approximate surface area is 123 Å².